The van der Waals surface area contributed by atoms with E-state index in [1.165, 1.54) is 9.70 Å². The van der Waals surface area contributed by atoms with E-state index in [4.69, 9.17) is 5.11 Å². The minimum Gasteiger partial charge on any atom is -0.465 e. The van der Waals surface area contributed by atoms with Crippen molar-refractivity contribution >= 4 is 6.09 Å². The van der Waals surface area contributed by atoms with Crippen LogP contribution in [0.3, 0.4) is 0 Å². The van der Waals surface area contributed by atoms with E-state index in [0.717, 1.165) is 0 Å². The molecular weight excluding hydrogens is 174 g/mol. The topological polar surface area (TPSA) is 84.1 Å². The lowest BCUT2D eigenvalue weighted by atomic mass is 10.5. The van der Waals surface area contributed by atoms with Gasteiger partial charge in [-0.3, -0.25) is 0 Å². The summed E-state index contributed by atoms with van der Waals surface area (Å²) in [5.74, 6) is 0.409. The first-order chi connectivity index (χ1) is 6.13. The normalized spacial score (nSPS) is 10.0. The molecule has 0 unspecified atom stereocenters. The minimum absolute atomic E-state index is 0.180. The van der Waals surface area contributed by atoms with E-state index in [-0.39, 0.29) is 6.54 Å². The van der Waals surface area contributed by atoms with Gasteiger partial charge in [0.25, 0.3) is 0 Å². The Morgan fingerprint density at radius 1 is 1.69 bits per heavy atom. The molecule has 1 rings (SSSR count). The average Bonchev–Trinajstić information content (AvgIpc) is 2.46. The zero-order valence-electron chi connectivity index (χ0n) is 7.51. The van der Waals surface area contributed by atoms with Gasteiger partial charge in [-0.05, 0) is 12.1 Å². The molecule has 0 spiro atoms. The van der Waals surface area contributed by atoms with Crippen molar-refractivity contribution in [2.75, 3.05) is 6.54 Å². The first-order valence-corrected chi connectivity index (χ1v) is 3.84. The summed E-state index contributed by atoms with van der Waals surface area (Å²) in [5.41, 5.74) is 0. The van der Waals surface area contributed by atoms with Crippen molar-refractivity contribution in [2.24, 2.45) is 7.05 Å². The highest BCUT2D eigenvalue weighted by molar-refractivity contribution is 5.64. The number of rotatable bonds is 3. The summed E-state index contributed by atoms with van der Waals surface area (Å²) in [5, 5.41) is 19.8. The van der Waals surface area contributed by atoms with Crippen molar-refractivity contribution in [3.63, 3.8) is 0 Å². The zero-order chi connectivity index (χ0) is 9.84. The van der Waals surface area contributed by atoms with Crippen molar-refractivity contribution in [1.29, 1.82) is 0 Å². The molecule has 0 saturated heterocycles. The Balaban J connectivity index is 2.61. The SMILES string of the molecule is CCN(Cc1nnn(C)n1)C(=O)O. The van der Waals surface area contributed by atoms with Gasteiger partial charge >= 0.3 is 6.09 Å². The van der Waals surface area contributed by atoms with E-state index in [0.29, 0.717) is 12.4 Å². The monoisotopic (exact) mass is 185 g/mol. The van der Waals surface area contributed by atoms with Gasteiger partial charge < -0.3 is 10.0 Å². The molecule has 0 bridgehead atoms. The Hall–Kier alpha value is -1.66. The second-order valence-electron chi connectivity index (χ2n) is 2.49. The number of amides is 1. The van der Waals surface area contributed by atoms with Crippen LogP contribution in [0, 0.1) is 0 Å². The number of hydrogen-bond acceptors (Lipinski definition) is 4. The highest BCUT2D eigenvalue weighted by Crippen LogP contribution is 1.96. The van der Waals surface area contributed by atoms with Crippen LogP contribution in [0.1, 0.15) is 12.7 Å². The Morgan fingerprint density at radius 2 is 2.38 bits per heavy atom. The second-order valence-corrected chi connectivity index (χ2v) is 2.49. The van der Waals surface area contributed by atoms with Gasteiger partial charge in [0.2, 0.25) is 0 Å². The summed E-state index contributed by atoms with van der Waals surface area (Å²) < 4.78 is 0. The van der Waals surface area contributed by atoms with Crippen LogP contribution in [-0.4, -0.2) is 42.9 Å². The Morgan fingerprint density at radius 3 is 2.77 bits per heavy atom. The molecule has 1 aromatic heterocycles. The molecule has 72 valence electrons. The molecule has 0 radical (unpaired) electrons. The van der Waals surface area contributed by atoms with Crippen LogP contribution < -0.4 is 0 Å². The molecule has 7 nitrogen and oxygen atoms in total. The maximum Gasteiger partial charge on any atom is 0.407 e. The molecule has 0 saturated carbocycles. The van der Waals surface area contributed by atoms with Crippen LogP contribution in [0.25, 0.3) is 0 Å². The average molecular weight is 185 g/mol. The fourth-order valence-corrected chi connectivity index (χ4v) is 0.872. The van der Waals surface area contributed by atoms with Crippen molar-refractivity contribution in [3.8, 4) is 0 Å². The van der Waals surface area contributed by atoms with Crippen molar-refractivity contribution < 1.29 is 9.90 Å². The molecule has 0 aliphatic heterocycles. The Kier molecular flexibility index (Phi) is 2.78. The Bertz CT molecular complexity index is 297. The van der Waals surface area contributed by atoms with Gasteiger partial charge in [-0.15, -0.1) is 10.2 Å². The lowest BCUT2D eigenvalue weighted by Crippen LogP contribution is -2.29. The molecule has 1 N–H and O–H groups in total. The van der Waals surface area contributed by atoms with Crippen LogP contribution >= 0.6 is 0 Å². The predicted octanol–water partition coefficient (Wildman–Crippen LogP) is -0.290. The highest BCUT2D eigenvalue weighted by Gasteiger charge is 2.12. The molecule has 0 fully saturated rings. The van der Waals surface area contributed by atoms with Crippen molar-refractivity contribution in [3.05, 3.63) is 5.82 Å². The maximum absolute atomic E-state index is 10.6. The van der Waals surface area contributed by atoms with E-state index < -0.39 is 6.09 Å². The van der Waals surface area contributed by atoms with E-state index in [2.05, 4.69) is 15.4 Å². The van der Waals surface area contributed by atoms with E-state index >= 15 is 0 Å². The van der Waals surface area contributed by atoms with Gasteiger partial charge in [0, 0.05) is 6.54 Å². The lowest BCUT2D eigenvalue weighted by Gasteiger charge is -2.13. The molecule has 7 heteroatoms. The van der Waals surface area contributed by atoms with Gasteiger partial charge in [-0.1, -0.05) is 0 Å². The van der Waals surface area contributed by atoms with Crippen LogP contribution in [-0.2, 0) is 13.6 Å². The molecular formula is C6H11N5O2. The molecule has 1 amide bonds. The summed E-state index contributed by atoms with van der Waals surface area (Å²) in [7, 11) is 1.63. The molecule has 0 aromatic carbocycles. The lowest BCUT2D eigenvalue weighted by molar-refractivity contribution is 0.144. The van der Waals surface area contributed by atoms with Gasteiger partial charge in [0.15, 0.2) is 5.82 Å². The number of carboxylic acid groups (broad SMARTS) is 1. The largest absolute Gasteiger partial charge is 0.465 e. The fraction of sp³-hybridized carbons (Fsp3) is 0.667. The van der Waals surface area contributed by atoms with E-state index in [1.807, 2.05) is 0 Å². The summed E-state index contributed by atoms with van der Waals surface area (Å²) >= 11 is 0. The third kappa shape index (κ3) is 2.39. The summed E-state index contributed by atoms with van der Waals surface area (Å²) in [6.07, 6.45) is -0.977. The number of nitrogens with zero attached hydrogens (tertiary/aromatic N) is 5. The number of hydrogen-bond donors (Lipinski definition) is 1. The number of aryl methyl sites for hydroxylation is 1. The maximum atomic E-state index is 10.6. The molecule has 0 aliphatic rings. The summed E-state index contributed by atoms with van der Waals surface area (Å²) in [4.78, 5) is 13.1. The van der Waals surface area contributed by atoms with E-state index in [9.17, 15) is 4.79 Å². The fourth-order valence-electron chi connectivity index (χ4n) is 0.872. The van der Waals surface area contributed by atoms with E-state index in [1.54, 1.807) is 14.0 Å². The third-order valence-electron chi connectivity index (χ3n) is 1.53. The van der Waals surface area contributed by atoms with Crippen molar-refractivity contribution in [1.82, 2.24) is 25.1 Å². The van der Waals surface area contributed by atoms with Crippen LogP contribution in [0.15, 0.2) is 0 Å². The van der Waals surface area contributed by atoms with Crippen LogP contribution in [0.4, 0.5) is 4.79 Å². The van der Waals surface area contributed by atoms with Crippen LogP contribution in [0.5, 0.6) is 0 Å². The smallest absolute Gasteiger partial charge is 0.407 e. The second kappa shape index (κ2) is 3.83. The predicted molar refractivity (Wildman–Crippen MR) is 42.9 cm³/mol. The summed E-state index contributed by atoms with van der Waals surface area (Å²) in [6.45, 7) is 2.34. The molecule has 0 atom stereocenters. The van der Waals surface area contributed by atoms with Gasteiger partial charge in [-0.2, -0.15) is 4.80 Å². The first-order valence-electron chi connectivity index (χ1n) is 3.84. The van der Waals surface area contributed by atoms with Gasteiger partial charge in [0.05, 0.1) is 13.6 Å². The first kappa shape index (κ1) is 9.43. The number of tetrazole rings is 1. The number of aromatic nitrogens is 4. The zero-order valence-corrected chi connectivity index (χ0v) is 7.51. The molecule has 1 heterocycles. The molecule has 1 aromatic rings. The standard InChI is InChI=1S/C6H11N5O2/c1-3-11(6(12)13)4-5-7-9-10(2)8-5/h3-4H2,1-2H3,(H,12,13). The molecule has 0 aliphatic carbocycles. The third-order valence-corrected chi connectivity index (χ3v) is 1.53. The quantitative estimate of drug-likeness (QED) is 0.699. The highest BCUT2D eigenvalue weighted by atomic mass is 16.4. The van der Waals surface area contributed by atoms with Crippen LogP contribution in [0.2, 0.25) is 0 Å². The number of carbonyl (C=O) groups is 1. The van der Waals surface area contributed by atoms with Gasteiger partial charge in [0.1, 0.15) is 0 Å². The Labute approximate surface area is 75.0 Å². The minimum atomic E-state index is -0.977. The van der Waals surface area contributed by atoms with Gasteiger partial charge in [-0.25, -0.2) is 4.79 Å². The van der Waals surface area contributed by atoms with Crippen molar-refractivity contribution in [2.45, 2.75) is 13.5 Å². The summed E-state index contributed by atoms with van der Waals surface area (Å²) in [6, 6.07) is 0. The molecule has 13 heavy (non-hydrogen) atoms.